The molecule has 0 bridgehead atoms. The van der Waals surface area contributed by atoms with Crippen molar-refractivity contribution in [3.63, 3.8) is 0 Å². The van der Waals surface area contributed by atoms with Crippen LogP contribution in [-0.2, 0) is 12.3 Å². The van der Waals surface area contributed by atoms with Crippen molar-refractivity contribution >= 4 is 54.5 Å². The van der Waals surface area contributed by atoms with Gasteiger partial charge in [-0.2, -0.15) is 0 Å². The van der Waals surface area contributed by atoms with E-state index in [2.05, 4.69) is 5.32 Å². The summed E-state index contributed by atoms with van der Waals surface area (Å²) in [5.74, 6) is -1.06. The van der Waals surface area contributed by atoms with Crippen LogP contribution >= 0.6 is 11.6 Å². The molecule has 0 spiro atoms. The summed E-state index contributed by atoms with van der Waals surface area (Å²) in [6.07, 6.45) is 0. The zero-order valence-electron chi connectivity index (χ0n) is 15.2. The molecule has 0 aliphatic carbocycles. The number of alkyl halides is 1. The molecule has 0 radical (unpaired) electrons. The first-order valence-corrected chi connectivity index (χ1v) is 16.8. The van der Waals surface area contributed by atoms with Gasteiger partial charge in [-0.05, 0) is 0 Å². The summed E-state index contributed by atoms with van der Waals surface area (Å²) < 4.78 is 9.41. The van der Waals surface area contributed by atoms with Gasteiger partial charge in [0.25, 0.3) is 0 Å². The number of rotatable bonds is 7. The summed E-state index contributed by atoms with van der Waals surface area (Å²) in [5.41, 5.74) is 0. The zero-order chi connectivity index (χ0) is 19.8. The van der Waals surface area contributed by atoms with E-state index in [9.17, 15) is 9.59 Å². The van der Waals surface area contributed by atoms with Crippen LogP contribution in [0.25, 0.3) is 0 Å². The van der Waals surface area contributed by atoms with Crippen molar-refractivity contribution in [1.82, 2.24) is 5.32 Å². The van der Waals surface area contributed by atoms with Gasteiger partial charge >= 0.3 is 175 Å². The molecule has 0 saturated heterocycles. The maximum atomic E-state index is 12.8. The molecule has 1 amide bonds. The summed E-state index contributed by atoms with van der Waals surface area (Å²) in [5, 5.41) is 2.50. The van der Waals surface area contributed by atoms with Gasteiger partial charge in [0, 0.05) is 0 Å². The number of halogens is 1. The number of carbonyl (C=O) groups is 2. The van der Waals surface area contributed by atoms with Gasteiger partial charge in [-0.3, -0.25) is 0 Å². The third kappa shape index (κ3) is 4.62. The molecule has 1 N–H and O–H groups in total. The Morgan fingerprint density at radius 1 is 0.750 bits per heavy atom. The first-order valence-electron chi connectivity index (χ1n) is 8.88. The van der Waals surface area contributed by atoms with E-state index < -0.39 is 33.5 Å². The van der Waals surface area contributed by atoms with Gasteiger partial charge in [0.05, 0.1) is 0 Å². The molecule has 0 aliphatic heterocycles. The molecular formula is C22H20ClNO3Pb. The first kappa shape index (κ1) is 20.5. The van der Waals surface area contributed by atoms with E-state index in [1.807, 2.05) is 91.0 Å². The molecule has 0 saturated carbocycles. The summed E-state index contributed by atoms with van der Waals surface area (Å²) in [6.45, 7) is -0.209. The van der Waals surface area contributed by atoms with Crippen LogP contribution in [0.5, 0.6) is 0 Å². The Hall–Kier alpha value is -2.19. The van der Waals surface area contributed by atoms with Gasteiger partial charge in [-0.25, -0.2) is 0 Å². The molecule has 28 heavy (non-hydrogen) atoms. The van der Waals surface area contributed by atoms with Gasteiger partial charge < -0.3 is 0 Å². The Balaban J connectivity index is 2.11. The van der Waals surface area contributed by atoms with Crippen molar-refractivity contribution in [3.8, 4) is 0 Å². The first-order chi connectivity index (χ1) is 13.7. The molecule has 3 aromatic carbocycles. The molecule has 0 heterocycles. The molecule has 4 nitrogen and oxygen atoms in total. The van der Waals surface area contributed by atoms with Crippen molar-refractivity contribution < 1.29 is 12.3 Å². The van der Waals surface area contributed by atoms with Gasteiger partial charge in [0.15, 0.2) is 0 Å². The van der Waals surface area contributed by atoms with Gasteiger partial charge in [-0.15, -0.1) is 0 Å². The van der Waals surface area contributed by atoms with Crippen LogP contribution in [0.15, 0.2) is 91.0 Å². The number of hydrogen-bond acceptors (Lipinski definition) is 3. The molecule has 142 valence electrons. The third-order valence-corrected chi connectivity index (χ3v) is 20.0. The van der Waals surface area contributed by atoms with E-state index in [0.29, 0.717) is 0 Å². The molecule has 0 atom stereocenters. The topological polar surface area (TPSA) is 55.4 Å². The van der Waals surface area contributed by atoms with E-state index in [0.717, 1.165) is 9.37 Å². The van der Waals surface area contributed by atoms with Crippen LogP contribution in [0, 0.1) is 0 Å². The molecule has 6 heteroatoms. The Morgan fingerprint density at radius 3 is 1.50 bits per heavy atom. The third-order valence-electron chi connectivity index (χ3n) is 4.36. The predicted molar refractivity (Wildman–Crippen MR) is 114 cm³/mol. The summed E-state index contributed by atoms with van der Waals surface area (Å²) in [6, 6.07) is 29.7. The quantitative estimate of drug-likeness (QED) is 0.337. The van der Waals surface area contributed by atoms with Crippen molar-refractivity contribution in [2.24, 2.45) is 0 Å². The minimum absolute atomic E-state index is 0.196. The molecule has 0 aliphatic rings. The van der Waals surface area contributed by atoms with Crippen LogP contribution in [0.1, 0.15) is 0 Å². The average molecular weight is 589 g/mol. The molecule has 3 aromatic rings. The van der Waals surface area contributed by atoms with Crippen molar-refractivity contribution in [2.45, 2.75) is 0 Å². The monoisotopic (exact) mass is 589 g/mol. The van der Waals surface area contributed by atoms with Crippen LogP contribution in [0.3, 0.4) is 0 Å². The second-order valence-corrected chi connectivity index (χ2v) is 19.3. The standard InChI is InChI=1S/3C6H5.C4H6ClNO3.Pb/c3*1-2-4-6-5-3-1;5-1-3(7)6-2-4(8)9;/h3*1-5H;1-2H2,(H,6,7)(H,8,9);/q;;;;+1/p-1. The molecule has 0 fully saturated rings. The van der Waals surface area contributed by atoms with E-state index >= 15 is 0 Å². The number of carbonyl (C=O) groups excluding carboxylic acids is 2. The maximum absolute atomic E-state index is 12.8. The fraction of sp³-hybridized carbons (Fsp3) is 0.0909. The number of nitrogens with one attached hydrogen (secondary N) is 1. The zero-order valence-corrected chi connectivity index (χ0v) is 19.8. The Morgan fingerprint density at radius 2 is 1.14 bits per heavy atom. The van der Waals surface area contributed by atoms with Crippen LogP contribution in [-0.4, -0.2) is 45.9 Å². The van der Waals surface area contributed by atoms with E-state index in [-0.39, 0.29) is 12.4 Å². The minimum atomic E-state index is -4.28. The summed E-state index contributed by atoms with van der Waals surface area (Å²) in [4.78, 5) is 24.2. The van der Waals surface area contributed by atoms with Gasteiger partial charge in [-0.1, -0.05) is 0 Å². The second-order valence-electron chi connectivity index (χ2n) is 6.16. The van der Waals surface area contributed by atoms with Gasteiger partial charge in [0.2, 0.25) is 0 Å². The Kier molecular flexibility index (Phi) is 7.22. The van der Waals surface area contributed by atoms with E-state index in [4.69, 9.17) is 14.3 Å². The van der Waals surface area contributed by atoms with Gasteiger partial charge in [0.1, 0.15) is 0 Å². The molecule has 3 rings (SSSR count). The summed E-state index contributed by atoms with van der Waals surface area (Å²) in [7, 11) is 0. The van der Waals surface area contributed by atoms with Crippen LogP contribution in [0.4, 0.5) is 0 Å². The summed E-state index contributed by atoms with van der Waals surface area (Å²) >= 11 is 1.23. The Labute approximate surface area is 174 Å². The van der Waals surface area contributed by atoms with Crippen molar-refractivity contribution in [3.05, 3.63) is 91.0 Å². The number of benzene rings is 3. The fourth-order valence-electron chi connectivity index (χ4n) is 3.12. The van der Waals surface area contributed by atoms with Crippen molar-refractivity contribution in [2.75, 3.05) is 12.4 Å². The average Bonchev–Trinajstić information content (AvgIpc) is 2.77. The second kappa shape index (κ2) is 9.84. The fourth-order valence-corrected chi connectivity index (χ4v) is 17.8. The Bertz CT molecular complexity index is 824. The molecular weight excluding hydrogens is 569 g/mol. The molecule has 0 unspecified atom stereocenters. The number of hydrogen-bond donors (Lipinski definition) is 1. The van der Waals surface area contributed by atoms with Crippen LogP contribution in [0.2, 0.25) is 0 Å². The van der Waals surface area contributed by atoms with Crippen molar-refractivity contribution in [1.29, 1.82) is 0 Å². The number of amides is 1. The van der Waals surface area contributed by atoms with Crippen LogP contribution < -0.4 is 14.7 Å². The molecule has 0 aromatic heterocycles. The van der Waals surface area contributed by atoms with E-state index in [1.54, 1.807) is 0 Å². The SMILES string of the molecule is O=C(CCl)NCC(=O)[O][Pb]([c]1ccccc1)([c]1ccccc1)[c]1ccccc1. The predicted octanol–water partition coefficient (Wildman–Crippen LogP) is 1.55. The normalized spacial score (nSPS) is 10.9. The van der Waals surface area contributed by atoms with E-state index in [1.165, 1.54) is 0 Å².